The maximum absolute atomic E-state index is 13.7. The van der Waals surface area contributed by atoms with Gasteiger partial charge in [-0.05, 0) is 35.4 Å². The summed E-state index contributed by atoms with van der Waals surface area (Å²) in [5, 5.41) is 7.14. The van der Waals surface area contributed by atoms with Crippen molar-refractivity contribution in [1.29, 1.82) is 0 Å². The number of amides is 1. The molecule has 4 aromatic rings. The molecule has 0 aliphatic carbocycles. The summed E-state index contributed by atoms with van der Waals surface area (Å²) in [5.74, 6) is -1.38. The quantitative estimate of drug-likeness (QED) is 0.457. The van der Waals surface area contributed by atoms with Crippen LogP contribution < -0.4 is 10.1 Å². The summed E-state index contributed by atoms with van der Waals surface area (Å²) >= 11 is 0. The molecule has 5 nitrogen and oxygen atoms in total. The lowest BCUT2D eigenvalue weighted by Crippen LogP contribution is -2.13. The molecule has 4 rings (SSSR count). The van der Waals surface area contributed by atoms with E-state index in [2.05, 4.69) is 10.4 Å². The molecule has 0 saturated carbocycles. The van der Waals surface area contributed by atoms with E-state index in [-0.39, 0.29) is 18.3 Å². The molecule has 0 unspecified atom stereocenters. The highest BCUT2D eigenvalue weighted by molar-refractivity contribution is 6.03. The molecule has 0 atom stereocenters. The monoisotopic (exact) mass is 419 g/mol. The van der Waals surface area contributed by atoms with E-state index < -0.39 is 11.6 Å². The van der Waals surface area contributed by atoms with Crippen LogP contribution in [0, 0.1) is 11.6 Å². The molecule has 7 heteroatoms. The van der Waals surface area contributed by atoms with E-state index in [1.165, 1.54) is 6.07 Å². The molecule has 0 bridgehead atoms. The number of ether oxygens (including phenoxy) is 1. The van der Waals surface area contributed by atoms with E-state index in [0.717, 1.165) is 17.7 Å². The predicted molar refractivity (Wildman–Crippen MR) is 113 cm³/mol. The number of aromatic nitrogens is 2. The van der Waals surface area contributed by atoms with Crippen molar-refractivity contribution in [3.05, 3.63) is 113 Å². The maximum atomic E-state index is 13.7. The van der Waals surface area contributed by atoms with E-state index in [9.17, 15) is 13.6 Å². The topological polar surface area (TPSA) is 56.2 Å². The number of carbonyl (C=O) groups is 1. The van der Waals surface area contributed by atoms with Crippen molar-refractivity contribution in [2.24, 2.45) is 0 Å². The largest absolute Gasteiger partial charge is 0.486 e. The Bertz CT molecular complexity index is 1190. The van der Waals surface area contributed by atoms with Crippen molar-refractivity contribution in [1.82, 2.24) is 9.78 Å². The summed E-state index contributed by atoms with van der Waals surface area (Å²) < 4.78 is 33.8. The van der Waals surface area contributed by atoms with Crippen LogP contribution in [0.3, 0.4) is 0 Å². The molecule has 3 aromatic carbocycles. The summed E-state index contributed by atoms with van der Waals surface area (Å²) in [4.78, 5) is 12.6. The third-order valence-electron chi connectivity index (χ3n) is 4.55. The van der Waals surface area contributed by atoms with Gasteiger partial charge in [0.25, 0.3) is 5.91 Å². The van der Waals surface area contributed by atoms with E-state index in [4.69, 9.17) is 4.74 Å². The van der Waals surface area contributed by atoms with Crippen molar-refractivity contribution in [3.63, 3.8) is 0 Å². The van der Waals surface area contributed by atoms with Gasteiger partial charge in [0.1, 0.15) is 12.4 Å². The minimum atomic E-state index is -0.778. The van der Waals surface area contributed by atoms with Gasteiger partial charge in [0, 0.05) is 23.9 Å². The Labute approximate surface area is 177 Å². The van der Waals surface area contributed by atoms with Crippen LogP contribution in [0.1, 0.15) is 21.5 Å². The van der Waals surface area contributed by atoms with Gasteiger partial charge in [-0.3, -0.25) is 9.48 Å². The molecule has 1 amide bonds. The number of anilines is 1. The summed E-state index contributed by atoms with van der Waals surface area (Å²) in [6.07, 6.45) is 1.80. The molecule has 156 valence electrons. The molecule has 0 saturated heterocycles. The molecule has 1 N–H and O–H groups in total. The van der Waals surface area contributed by atoms with Gasteiger partial charge in [-0.2, -0.15) is 5.10 Å². The first-order valence-electron chi connectivity index (χ1n) is 9.62. The number of hydrogen-bond acceptors (Lipinski definition) is 3. The zero-order valence-electron chi connectivity index (χ0n) is 16.5. The van der Waals surface area contributed by atoms with Gasteiger partial charge in [-0.25, -0.2) is 8.78 Å². The Kier molecular flexibility index (Phi) is 6.03. The fraction of sp³-hybridized carbons (Fsp3) is 0.0833. The lowest BCUT2D eigenvalue weighted by molar-refractivity contribution is 0.102. The van der Waals surface area contributed by atoms with Crippen molar-refractivity contribution in [2.45, 2.75) is 13.2 Å². The fourth-order valence-corrected chi connectivity index (χ4v) is 3.03. The number of hydrogen-bond donors (Lipinski definition) is 1. The zero-order chi connectivity index (χ0) is 21.6. The van der Waals surface area contributed by atoms with Crippen molar-refractivity contribution < 1.29 is 18.3 Å². The first-order chi connectivity index (χ1) is 15.1. The lowest BCUT2D eigenvalue weighted by atomic mass is 10.1. The van der Waals surface area contributed by atoms with E-state index >= 15 is 0 Å². The Morgan fingerprint density at radius 2 is 1.74 bits per heavy atom. The molecular weight excluding hydrogens is 400 g/mol. The van der Waals surface area contributed by atoms with Gasteiger partial charge in [-0.1, -0.05) is 42.5 Å². The van der Waals surface area contributed by atoms with Gasteiger partial charge >= 0.3 is 0 Å². The Morgan fingerprint density at radius 3 is 2.55 bits per heavy atom. The molecule has 0 aliphatic heterocycles. The fourth-order valence-electron chi connectivity index (χ4n) is 3.03. The highest BCUT2D eigenvalue weighted by Gasteiger charge is 2.10. The normalized spacial score (nSPS) is 10.6. The van der Waals surface area contributed by atoms with Crippen molar-refractivity contribution in [3.8, 4) is 5.75 Å². The third-order valence-corrected chi connectivity index (χ3v) is 4.55. The molecule has 1 heterocycles. The van der Waals surface area contributed by atoms with Gasteiger partial charge < -0.3 is 10.1 Å². The molecule has 0 radical (unpaired) electrons. The third kappa shape index (κ3) is 5.33. The Balaban J connectivity index is 1.38. The first kappa shape index (κ1) is 20.3. The summed E-state index contributed by atoms with van der Waals surface area (Å²) in [6, 6.07) is 21.5. The minimum Gasteiger partial charge on any atom is -0.486 e. The SMILES string of the molecule is O=C(Nc1ccn(Cc2ccccc2)n1)c1cccc(COc2ccc(F)cc2F)c1. The predicted octanol–water partition coefficient (Wildman–Crippen LogP) is 5.04. The summed E-state index contributed by atoms with van der Waals surface area (Å²) in [7, 11) is 0. The van der Waals surface area contributed by atoms with Crippen molar-refractivity contribution >= 4 is 11.7 Å². The highest BCUT2D eigenvalue weighted by atomic mass is 19.1. The van der Waals surface area contributed by atoms with Crippen LogP contribution in [0.5, 0.6) is 5.75 Å². The van der Waals surface area contributed by atoms with Crippen molar-refractivity contribution in [2.75, 3.05) is 5.32 Å². The number of nitrogens with one attached hydrogen (secondary N) is 1. The molecule has 0 fully saturated rings. The van der Waals surface area contributed by atoms with Crippen LogP contribution in [0.4, 0.5) is 14.6 Å². The highest BCUT2D eigenvalue weighted by Crippen LogP contribution is 2.19. The van der Waals surface area contributed by atoms with Gasteiger partial charge in [0.2, 0.25) is 0 Å². The van der Waals surface area contributed by atoms with E-state index in [1.807, 2.05) is 30.3 Å². The molecule has 0 spiro atoms. The minimum absolute atomic E-state index is 0.0371. The van der Waals surface area contributed by atoms with Gasteiger partial charge in [0.05, 0.1) is 6.54 Å². The summed E-state index contributed by atoms with van der Waals surface area (Å²) in [6.45, 7) is 0.638. The molecule has 0 aliphatic rings. The number of carbonyl (C=O) groups excluding carboxylic acids is 1. The first-order valence-corrected chi connectivity index (χ1v) is 9.62. The average Bonchev–Trinajstić information content (AvgIpc) is 3.20. The number of nitrogens with zero attached hydrogens (tertiary/aromatic N) is 2. The average molecular weight is 419 g/mol. The second-order valence-corrected chi connectivity index (χ2v) is 6.90. The number of benzene rings is 3. The van der Waals surface area contributed by atoms with Crippen LogP contribution in [0.15, 0.2) is 85.1 Å². The second-order valence-electron chi connectivity index (χ2n) is 6.90. The molecule has 31 heavy (non-hydrogen) atoms. The Hall–Kier alpha value is -4.00. The molecular formula is C24H19F2N3O2. The smallest absolute Gasteiger partial charge is 0.256 e. The number of halogens is 2. The standard InChI is InChI=1S/C24H19F2N3O2/c25-20-9-10-22(21(26)14-20)31-16-18-7-4-8-19(13-18)24(30)27-23-11-12-29(28-23)15-17-5-2-1-3-6-17/h1-14H,15-16H2,(H,27,28,30). The maximum Gasteiger partial charge on any atom is 0.256 e. The number of rotatable bonds is 7. The van der Waals surface area contributed by atoms with Crippen LogP contribution in [0.25, 0.3) is 0 Å². The van der Waals surface area contributed by atoms with Crippen LogP contribution in [-0.4, -0.2) is 15.7 Å². The second kappa shape index (κ2) is 9.21. The lowest BCUT2D eigenvalue weighted by Gasteiger charge is -2.09. The van der Waals surface area contributed by atoms with E-state index in [1.54, 1.807) is 41.2 Å². The van der Waals surface area contributed by atoms with Gasteiger partial charge in [-0.15, -0.1) is 0 Å². The molecule has 1 aromatic heterocycles. The summed E-state index contributed by atoms with van der Waals surface area (Å²) in [5.41, 5.74) is 2.19. The van der Waals surface area contributed by atoms with Crippen LogP contribution in [0.2, 0.25) is 0 Å². The van der Waals surface area contributed by atoms with Gasteiger partial charge in [0.15, 0.2) is 17.4 Å². The van der Waals surface area contributed by atoms with E-state index in [0.29, 0.717) is 23.5 Å². The van der Waals surface area contributed by atoms with Crippen LogP contribution in [-0.2, 0) is 13.2 Å². The van der Waals surface area contributed by atoms with Crippen LogP contribution >= 0.6 is 0 Å². The Morgan fingerprint density at radius 1 is 0.935 bits per heavy atom. The zero-order valence-corrected chi connectivity index (χ0v) is 16.5.